The van der Waals surface area contributed by atoms with E-state index in [1.807, 2.05) is 0 Å². The second-order valence-corrected chi connectivity index (χ2v) is 5.18. The molecule has 0 spiro atoms. The lowest BCUT2D eigenvalue weighted by Crippen LogP contribution is -2.43. The van der Waals surface area contributed by atoms with Crippen LogP contribution in [0.1, 0.15) is 33.1 Å². The average molecular weight is 227 g/mol. The molecule has 1 fully saturated rings. The molecular weight excluding hydrogens is 198 g/mol. The Hall–Kier alpha value is -0.120. The average Bonchev–Trinajstić information content (AvgIpc) is 2.47. The van der Waals surface area contributed by atoms with Gasteiger partial charge < -0.3 is 10.6 Å². The fraction of sp³-hybridized carbons (Fsp3) is 1.00. The van der Waals surface area contributed by atoms with E-state index in [9.17, 15) is 0 Å². The fourth-order valence-corrected chi connectivity index (χ4v) is 2.62. The van der Waals surface area contributed by atoms with Crippen LogP contribution >= 0.6 is 0 Å². The van der Waals surface area contributed by atoms with E-state index in [2.05, 4.69) is 30.7 Å². The maximum atomic E-state index is 5.82. The first-order valence-electron chi connectivity index (χ1n) is 6.83. The molecule has 1 heterocycles. The Bertz CT molecular complexity index is 180. The molecule has 0 bridgehead atoms. The van der Waals surface area contributed by atoms with Gasteiger partial charge in [0, 0.05) is 19.1 Å². The van der Waals surface area contributed by atoms with Crippen LogP contribution < -0.4 is 5.73 Å². The van der Waals surface area contributed by atoms with Crippen LogP contribution in [0.4, 0.5) is 0 Å². The topological polar surface area (TPSA) is 32.5 Å². The van der Waals surface area contributed by atoms with Gasteiger partial charge in [-0.3, -0.25) is 4.90 Å². The Morgan fingerprint density at radius 2 is 2.06 bits per heavy atom. The molecule has 1 saturated heterocycles. The molecule has 16 heavy (non-hydrogen) atoms. The van der Waals surface area contributed by atoms with Crippen molar-refractivity contribution in [1.82, 2.24) is 9.80 Å². The number of hydrogen-bond donors (Lipinski definition) is 1. The summed E-state index contributed by atoms with van der Waals surface area (Å²) in [4.78, 5) is 5.14. The van der Waals surface area contributed by atoms with Gasteiger partial charge in [-0.15, -0.1) is 0 Å². The van der Waals surface area contributed by atoms with Gasteiger partial charge in [0.1, 0.15) is 0 Å². The second kappa shape index (κ2) is 7.25. The molecule has 0 saturated carbocycles. The van der Waals surface area contributed by atoms with Gasteiger partial charge in [-0.2, -0.15) is 0 Å². The molecule has 3 heteroatoms. The molecule has 1 aliphatic rings. The molecule has 96 valence electrons. The highest BCUT2D eigenvalue weighted by Crippen LogP contribution is 2.15. The van der Waals surface area contributed by atoms with Crippen molar-refractivity contribution in [2.75, 3.05) is 39.8 Å². The molecule has 2 N–H and O–H groups in total. The predicted molar refractivity (Wildman–Crippen MR) is 70.6 cm³/mol. The molecule has 0 radical (unpaired) electrons. The highest BCUT2D eigenvalue weighted by atomic mass is 15.2. The highest BCUT2D eigenvalue weighted by molar-refractivity contribution is 4.79. The van der Waals surface area contributed by atoms with Crippen LogP contribution in [-0.4, -0.2) is 55.6 Å². The van der Waals surface area contributed by atoms with E-state index in [0.29, 0.717) is 5.92 Å². The van der Waals surface area contributed by atoms with E-state index in [4.69, 9.17) is 5.73 Å². The normalized spacial score (nSPS) is 26.6. The van der Waals surface area contributed by atoms with Crippen molar-refractivity contribution >= 4 is 0 Å². The molecule has 0 aromatic carbocycles. The van der Waals surface area contributed by atoms with Gasteiger partial charge in [0.15, 0.2) is 0 Å². The van der Waals surface area contributed by atoms with E-state index in [1.54, 1.807) is 0 Å². The van der Waals surface area contributed by atoms with E-state index >= 15 is 0 Å². The summed E-state index contributed by atoms with van der Waals surface area (Å²) in [6.07, 6.45) is 3.76. The largest absolute Gasteiger partial charge is 0.330 e. The summed E-state index contributed by atoms with van der Waals surface area (Å²) in [5.74, 6) is 0.678. The first-order chi connectivity index (χ1) is 7.71. The van der Waals surface area contributed by atoms with Crippen molar-refractivity contribution in [2.24, 2.45) is 11.7 Å². The molecule has 0 aromatic rings. The molecule has 0 aromatic heterocycles. The summed E-state index contributed by atoms with van der Waals surface area (Å²) in [6.45, 7) is 10.3. The number of hydrogen-bond acceptors (Lipinski definition) is 3. The molecule has 0 amide bonds. The Balaban J connectivity index is 2.53. The zero-order valence-electron chi connectivity index (χ0n) is 11.3. The molecule has 0 aliphatic carbocycles. The monoisotopic (exact) mass is 227 g/mol. The zero-order valence-corrected chi connectivity index (χ0v) is 11.3. The molecule has 2 atom stereocenters. The maximum Gasteiger partial charge on any atom is 0.0220 e. The smallest absolute Gasteiger partial charge is 0.0220 e. The third kappa shape index (κ3) is 4.04. The van der Waals surface area contributed by atoms with Gasteiger partial charge in [-0.25, -0.2) is 0 Å². The zero-order chi connectivity index (χ0) is 12.0. The minimum Gasteiger partial charge on any atom is -0.330 e. The lowest BCUT2D eigenvalue weighted by atomic mass is 10.0. The van der Waals surface area contributed by atoms with Gasteiger partial charge in [0.2, 0.25) is 0 Å². The van der Waals surface area contributed by atoms with Gasteiger partial charge in [-0.05, 0) is 45.4 Å². The quantitative estimate of drug-likeness (QED) is 0.770. The van der Waals surface area contributed by atoms with Crippen molar-refractivity contribution < 1.29 is 0 Å². The Morgan fingerprint density at radius 3 is 2.62 bits per heavy atom. The minimum atomic E-state index is 0.678. The third-order valence-electron chi connectivity index (χ3n) is 3.90. The van der Waals surface area contributed by atoms with E-state index in [1.165, 1.54) is 45.4 Å². The number of nitrogens with zero attached hydrogens (tertiary/aromatic N) is 2. The number of nitrogens with two attached hydrogens (primary N) is 1. The van der Waals surface area contributed by atoms with Crippen molar-refractivity contribution in [2.45, 2.75) is 39.2 Å². The minimum absolute atomic E-state index is 0.678. The Labute approximate surface area is 101 Å². The van der Waals surface area contributed by atoms with E-state index in [0.717, 1.165) is 12.6 Å². The summed E-state index contributed by atoms with van der Waals surface area (Å²) in [5.41, 5.74) is 5.82. The molecule has 1 aliphatic heterocycles. The van der Waals surface area contributed by atoms with Crippen molar-refractivity contribution in [3.05, 3.63) is 0 Å². The molecule has 2 unspecified atom stereocenters. The first-order valence-corrected chi connectivity index (χ1v) is 6.83. The van der Waals surface area contributed by atoms with Gasteiger partial charge in [0.05, 0.1) is 0 Å². The SMILES string of the molecule is CCC(CN)CN1CCCN(C)CC1CC. The summed E-state index contributed by atoms with van der Waals surface area (Å²) in [6, 6.07) is 0.730. The standard InChI is InChI=1S/C13H29N3/c1-4-12(9-14)10-16-8-6-7-15(3)11-13(16)5-2/h12-13H,4-11,14H2,1-3H3. The van der Waals surface area contributed by atoms with Crippen molar-refractivity contribution in [3.8, 4) is 0 Å². The number of rotatable bonds is 5. The van der Waals surface area contributed by atoms with Crippen LogP contribution in [-0.2, 0) is 0 Å². The molecule has 3 nitrogen and oxygen atoms in total. The second-order valence-electron chi connectivity index (χ2n) is 5.18. The first kappa shape index (κ1) is 13.9. The Kier molecular flexibility index (Phi) is 6.32. The van der Waals surface area contributed by atoms with Gasteiger partial charge >= 0.3 is 0 Å². The van der Waals surface area contributed by atoms with Gasteiger partial charge in [0.25, 0.3) is 0 Å². The van der Waals surface area contributed by atoms with E-state index in [-0.39, 0.29) is 0 Å². The summed E-state index contributed by atoms with van der Waals surface area (Å²) in [7, 11) is 2.24. The number of likely N-dealkylation sites (N-methyl/N-ethyl adjacent to an activating group) is 1. The lowest BCUT2D eigenvalue weighted by molar-refractivity contribution is 0.158. The predicted octanol–water partition coefficient (Wildman–Crippen LogP) is 1.39. The van der Waals surface area contributed by atoms with Crippen LogP contribution in [0.5, 0.6) is 0 Å². The highest BCUT2D eigenvalue weighted by Gasteiger charge is 2.23. The van der Waals surface area contributed by atoms with Crippen LogP contribution in [0.2, 0.25) is 0 Å². The maximum absolute atomic E-state index is 5.82. The fourth-order valence-electron chi connectivity index (χ4n) is 2.62. The third-order valence-corrected chi connectivity index (χ3v) is 3.90. The van der Waals surface area contributed by atoms with Gasteiger partial charge in [-0.1, -0.05) is 20.3 Å². The van der Waals surface area contributed by atoms with Crippen molar-refractivity contribution in [3.63, 3.8) is 0 Å². The molecular formula is C13H29N3. The summed E-state index contributed by atoms with van der Waals surface area (Å²) >= 11 is 0. The van der Waals surface area contributed by atoms with Crippen LogP contribution in [0.25, 0.3) is 0 Å². The molecule has 1 rings (SSSR count). The van der Waals surface area contributed by atoms with Crippen LogP contribution in [0, 0.1) is 5.92 Å². The lowest BCUT2D eigenvalue weighted by Gasteiger charge is -2.32. The van der Waals surface area contributed by atoms with E-state index < -0.39 is 0 Å². The summed E-state index contributed by atoms with van der Waals surface area (Å²) < 4.78 is 0. The van der Waals surface area contributed by atoms with Crippen LogP contribution in [0.15, 0.2) is 0 Å². The van der Waals surface area contributed by atoms with Crippen molar-refractivity contribution in [1.29, 1.82) is 0 Å². The Morgan fingerprint density at radius 1 is 1.31 bits per heavy atom. The summed E-state index contributed by atoms with van der Waals surface area (Å²) in [5, 5.41) is 0. The van der Waals surface area contributed by atoms with Crippen LogP contribution in [0.3, 0.4) is 0 Å².